The number of aromatic carboxylic acids is 1. The molecular weight excluding hydrogens is 460 g/mol. The zero-order valence-corrected chi connectivity index (χ0v) is 18.4. The van der Waals surface area contributed by atoms with Gasteiger partial charge in [-0.3, -0.25) is 0 Å². The van der Waals surface area contributed by atoms with Crippen molar-refractivity contribution in [3.63, 3.8) is 0 Å². The van der Waals surface area contributed by atoms with E-state index in [1.807, 2.05) is 19.2 Å². The summed E-state index contributed by atoms with van der Waals surface area (Å²) in [6.45, 7) is 1.66. The van der Waals surface area contributed by atoms with Gasteiger partial charge in [-0.25, -0.2) is 14.7 Å². The zero-order valence-electron chi connectivity index (χ0n) is 16.8. The first-order valence-electron chi connectivity index (χ1n) is 9.56. The predicted octanol–water partition coefficient (Wildman–Crippen LogP) is 3.57. The summed E-state index contributed by atoms with van der Waals surface area (Å²) in [6, 6.07) is 7.27. The van der Waals surface area contributed by atoms with Gasteiger partial charge in [-0.05, 0) is 36.3 Å². The van der Waals surface area contributed by atoms with Gasteiger partial charge in [-0.1, -0.05) is 29.8 Å². The number of aliphatic carboxylic acids is 1. The van der Waals surface area contributed by atoms with Gasteiger partial charge < -0.3 is 19.7 Å². The summed E-state index contributed by atoms with van der Waals surface area (Å²) < 4.78 is 11.1. The summed E-state index contributed by atoms with van der Waals surface area (Å²) in [5.74, 6) is -2.07. The normalized spacial score (nSPS) is 19.4. The van der Waals surface area contributed by atoms with Crippen LogP contribution in [0.25, 0.3) is 10.4 Å². The smallest absolute Gasteiger partial charge is 0.349 e. The second kappa shape index (κ2) is 9.21. The van der Waals surface area contributed by atoms with Gasteiger partial charge >= 0.3 is 11.9 Å². The highest BCUT2D eigenvalue weighted by molar-refractivity contribution is 7.18. The number of nitrogens with one attached hydrogen (secondary N) is 1. The van der Waals surface area contributed by atoms with Gasteiger partial charge in [0.15, 0.2) is 17.2 Å². The molecule has 2 aliphatic rings. The van der Waals surface area contributed by atoms with Crippen molar-refractivity contribution in [2.45, 2.75) is 19.0 Å². The fourth-order valence-corrected chi connectivity index (χ4v) is 4.66. The number of ether oxygens (including phenoxy) is 2. The average Bonchev–Trinajstić information content (AvgIpc) is 3.30. The number of fused-ring (bicyclic) bond motifs is 1. The first-order chi connectivity index (χ1) is 15.3. The lowest BCUT2D eigenvalue weighted by Gasteiger charge is -2.22. The molecule has 1 aromatic carbocycles. The van der Waals surface area contributed by atoms with Crippen molar-refractivity contribution in [2.24, 2.45) is 0 Å². The van der Waals surface area contributed by atoms with Crippen LogP contribution < -0.4 is 15.0 Å². The van der Waals surface area contributed by atoms with Crippen molar-refractivity contribution in [1.29, 1.82) is 0 Å². The van der Waals surface area contributed by atoms with E-state index < -0.39 is 18.5 Å². The van der Waals surface area contributed by atoms with Gasteiger partial charge in [-0.15, -0.1) is 11.3 Å². The highest BCUT2D eigenvalue weighted by atomic mass is 35.5. The van der Waals surface area contributed by atoms with E-state index >= 15 is 0 Å². The van der Waals surface area contributed by atoms with Crippen LogP contribution in [0.15, 0.2) is 48.2 Å². The number of hydrogen-bond acceptors (Lipinski definition) is 8. The molecule has 2 atom stereocenters. The Kier molecular flexibility index (Phi) is 6.38. The number of hydroxylamine groups is 3. The topological polar surface area (TPSA) is 118 Å². The van der Waals surface area contributed by atoms with Gasteiger partial charge in [0.05, 0.1) is 17.0 Å². The summed E-state index contributed by atoms with van der Waals surface area (Å²) in [5.41, 5.74) is 4.53. The van der Waals surface area contributed by atoms with Crippen molar-refractivity contribution >= 4 is 34.9 Å². The zero-order chi connectivity index (χ0) is 22.8. The van der Waals surface area contributed by atoms with Gasteiger partial charge in [0.1, 0.15) is 17.4 Å². The molecule has 2 aliphatic heterocycles. The Bertz CT molecular complexity index is 1110. The lowest BCUT2D eigenvalue weighted by Crippen LogP contribution is -2.31. The molecule has 0 saturated carbocycles. The maximum atomic E-state index is 11.6. The second-order valence-electron chi connectivity index (χ2n) is 7.11. The molecule has 3 N–H and O–H groups in total. The number of halogens is 1. The van der Waals surface area contributed by atoms with Crippen molar-refractivity contribution < 1.29 is 34.2 Å². The Morgan fingerprint density at radius 2 is 2.12 bits per heavy atom. The molecule has 2 aromatic rings. The molecule has 4 rings (SSSR count). The summed E-state index contributed by atoms with van der Waals surface area (Å²) in [5, 5.41) is 20.1. The molecule has 0 bridgehead atoms. The number of carboxylic acids is 2. The third-order valence-electron chi connectivity index (χ3n) is 4.82. The van der Waals surface area contributed by atoms with E-state index in [0.717, 1.165) is 16.9 Å². The summed E-state index contributed by atoms with van der Waals surface area (Å²) in [7, 11) is 0. The van der Waals surface area contributed by atoms with Crippen LogP contribution in [-0.4, -0.2) is 52.5 Å². The molecule has 1 aromatic heterocycles. The summed E-state index contributed by atoms with van der Waals surface area (Å²) >= 11 is 7.27. The molecule has 11 heteroatoms. The van der Waals surface area contributed by atoms with Gasteiger partial charge in [0.2, 0.25) is 0 Å². The second-order valence-corrected chi connectivity index (χ2v) is 8.51. The third-order valence-corrected chi connectivity index (χ3v) is 6.50. The molecule has 1 saturated heterocycles. The van der Waals surface area contributed by atoms with Crippen molar-refractivity contribution in [1.82, 2.24) is 10.5 Å². The average molecular weight is 479 g/mol. The van der Waals surface area contributed by atoms with Crippen LogP contribution in [0.5, 0.6) is 11.5 Å². The minimum Gasteiger partial charge on any atom is -0.489 e. The number of nitrogens with zero attached hydrogens (tertiary/aromatic N) is 1. The van der Waals surface area contributed by atoms with E-state index in [9.17, 15) is 14.7 Å². The highest BCUT2D eigenvalue weighted by Gasteiger charge is 2.31. The molecule has 0 aliphatic carbocycles. The van der Waals surface area contributed by atoms with E-state index in [1.54, 1.807) is 29.3 Å². The Labute approximate surface area is 192 Å². The predicted molar refractivity (Wildman–Crippen MR) is 117 cm³/mol. The molecule has 32 heavy (non-hydrogen) atoms. The Morgan fingerprint density at radius 1 is 1.31 bits per heavy atom. The number of carboxylic acid groups (broad SMARTS) is 2. The monoisotopic (exact) mass is 478 g/mol. The summed E-state index contributed by atoms with van der Waals surface area (Å²) in [6.07, 6.45) is 5.81. The maximum Gasteiger partial charge on any atom is 0.349 e. The van der Waals surface area contributed by atoms with E-state index in [0.29, 0.717) is 22.8 Å². The number of benzene rings is 1. The van der Waals surface area contributed by atoms with Gasteiger partial charge in [-0.2, -0.15) is 10.4 Å². The SMILES string of the molecule is CC1NON2C=CC(COc3cccc(-c4sc(C(=O)O)c(OCC(=O)O)c4Cl)c3)=CC12. The molecule has 2 unspecified atom stereocenters. The van der Waals surface area contributed by atoms with Crippen molar-refractivity contribution in [3.05, 3.63) is 58.1 Å². The fraction of sp³-hybridized carbons (Fsp3) is 0.238. The van der Waals surface area contributed by atoms with E-state index in [-0.39, 0.29) is 27.7 Å². The van der Waals surface area contributed by atoms with Gasteiger partial charge in [0.25, 0.3) is 0 Å². The van der Waals surface area contributed by atoms with E-state index in [1.165, 1.54) is 0 Å². The molecular formula is C21H19ClN2O7S. The lowest BCUT2D eigenvalue weighted by molar-refractivity contribution is -0.139. The number of rotatable bonds is 8. The first-order valence-corrected chi connectivity index (χ1v) is 10.8. The Hall–Kier alpha value is -3.05. The van der Waals surface area contributed by atoms with Crippen LogP contribution in [0.4, 0.5) is 0 Å². The van der Waals surface area contributed by atoms with Crippen LogP contribution in [0.2, 0.25) is 5.02 Å². The quantitative estimate of drug-likeness (QED) is 0.523. The fourth-order valence-electron chi connectivity index (χ4n) is 3.26. The standard InChI is InChI=1S/C21H19ClN2O7S/c1-11-15-7-12(5-6-24(15)31-23-11)9-29-14-4-2-3-13(8-14)19-17(22)18(30-10-16(25)26)20(32-19)21(27)28/h2-8,11,15,23H,9-10H2,1H3,(H,25,26)(H,27,28). The minimum absolute atomic E-state index is 0.0477. The van der Waals surface area contributed by atoms with Crippen LogP contribution in [0.3, 0.4) is 0 Å². The van der Waals surface area contributed by atoms with E-state index in [4.69, 9.17) is 31.1 Å². The van der Waals surface area contributed by atoms with Crippen LogP contribution >= 0.6 is 22.9 Å². The molecule has 0 amide bonds. The Morgan fingerprint density at radius 3 is 2.88 bits per heavy atom. The highest BCUT2D eigenvalue weighted by Crippen LogP contribution is 2.46. The van der Waals surface area contributed by atoms with Crippen molar-refractivity contribution in [3.8, 4) is 21.9 Å². The number of hydrogen-bond donors (Lipinski definition) is 3. The molecule has 1 fully saturated rings. The Balaban J connectivity index is 1.52. The van der Waals surface area contributed by atoms with Gasteiger partial charge in [0, 0.05) is 6.20 Å². The number of thiophene rings is 1. The summed E-state index contributed by atoms with van der Waals surface area (Å²) in [4.78, 5) is 28.0. The first kappa shape index (κ1) is 22.2. The third kappa shape index (κ3) is 4.58. The van der Waals surface area contributed by atoms with Crippen molar-refractivity contribution in [2.75, 3.05) is 13.2 Å². The molecule has 168 valence electrons. The molecule has 0 radical (unpaired) electrons. The molecule has 9 nitrogen and oxygen atoms in total. The maximum absolute atomic E-state index is 11.6. The molecule has 3 heterocycles. The van der Waals surface area contributed by atoms with Crippen LogP contribution in [-0.2, 0) is 9.73 Å². The van der Waals surface area contributed by atoms with Crippen LogP contribution in [0.1, 0.15) is 16.6 Å². The van der Waals surface area contributed by atoms with E-state index in [2.05, 4.69) is 11.6 Å². The largest absolute Gasteiger partial charge is 0.489 e. The lowest BCUT2D eigenvalue weighted by atomic mass is 10.0. The minimum atomic E-state index is -1.25. The number of carbonyl (C=O) groups is 2. The van der Waals surface area contributed by atoms with Crippen LogP contribution in [0, 0.1) is 0 Å². The molecule has 0 spiro atoms.